The Kier molecular flexibility index (Phi) is 5.84. The Balaban J connectivity index is 2.67. The Morgan fingerprint density at radius 2 is 2.33 bits per heavy atom. The second-order valence-corrected chi connectivity index (χ2v) is 3.96. The molecule has 0 aliphatic carbocycles. The van der Waals surface area contributed by atoms with Crippen LogP contribution in [0, 0.1) is 0 Å². The molecule has 0 aliphatic heterocycles. The van der Waals surface area contributed by atoms with E-state index in [1.807, 2.05) is 0 Å². The van der Waals surface area contributed by atoms with Crippen LogP contribution >= 0.6 is 11.6 Å². The van der Waals surface area contributed by atoms with Gasteiger partial charge in [0, 0.05) is 27.0 Å². The molecule has 1 aromatic heterocycles. The van der Waals surface area contributed by atoms with Crippen molar-refractivity contribution in [2.24, 2.45) is 0 Å². The molecule has 1 aromatic rings. The highest BCUT2D eigenvalue weighted by molar-refractivity contribution is 6.33. The minimum atomic E-state index is -1.09. The highest BCUT2D eigenvalue weighted by Crippen LogP contribution is 2.17. The van der Waals surface area contributed by atoms with Crippen LogP contribution in [0.2, 0.25) is 5.02 Å². The van der Waals surface area contributed by atoms with Crippen molar-refractivity contribution < 1.29 is 19.4 Å². The van der Waals surface area contributed by atoms with Crippen molar-refractivity contribution in [3.8, 4) is 0 Å². The molecule has 0 aromatic carbocycles. The Hall–Kier alpha value is -1.37. The summed E-state index contributed by atoms with van der Waals surface area (Å²) >= 11 is 5.72. The maximum Gasteiger partial charge on any atom is 0.337 e. The molecule has 1 unspecified atom stereocenters. The highest BCUT2D eigenvalue weighted by Gasteiger charge is 2.12. The maximum absolute atomic E-state index is 10.9. The van der Waals surface area contributed by atoms with Crippen molar-refractivity contribution in [2.75, 3.05) is 32.7 Å². The summed E-state index contributed by atoms with van der Waals surface area (Å²) < 4.78 is 10.1. The number of nitrogens with one attached hydrogen (secondary N) is 1. The number of aromatic carboxylic acids is 1. The molecule has 0 radical (unpaired) electrons. The Bertz CT molecular complexity index is 414. The first-order valence-electron chi connectivity index (χ1n) is 5.23. The highest BCUT2D eigenvalue weighted by atomic mass is 35.5. The fraction of sp³-hybridized carbons (Fsp3) is 0.455. The van der Waals surface area contributed by atoms with Gasteiger partial charge in [-0.05, 0) is 6.07 Å². The first kappa shape index (κ1) is 14.7. The van der Waals surface area contributed by atoms with E-state index in [9.17, 15) is 4.79 Å². The SMILES string of the molecule is COCC(CNc1cc(C(=O)O)c(Cl)cn1)OC. The zero-order chi connectivity index (χ0) is 13.5. The summed E-state index contributed by atoms with van der Waals surface area (Å²) in [5.74, 6) is -0.666. The van der Waals surface area contributed by atoms with E-state index in [1.165, 1.54) is 12.3 Å². The third-order valence-corrected chi connectivity index (χ3v) is 2.58. The van der Waals surface area contributed by atoms with Gasteiger partial charge in [-0.25, -0.2) is 9.78 Å². The zero-order valence-corrected chi connectivity index (χ0v) is 10.9. The summed E-state index contributed by atoms with van der Waals surface area (Å²) in [5, 5.41) is 12.0. The van der Waals surface area contributed by atoms with Gasteiger partial charge in [0.2, 0.25) is 0 Å². The number of nitrogens with zero attached hydrogens (tertiary/aromatic N) is 1. The van der Waals surface area contributed by atoms with E-state index in [4.69, 9.17) is 26.2 Å². The van der Waals surface area contributed by atoms with E-state index >= 15 is 0 Å². The normalized spacial score (nSPS) is 12.2. The van der Waals surface area contributed by atoms with Gasteiger partial charge in [0.05, 0.1) is 23.3 Å². The molecular formula is C11H15ClN2O4. The molecule has 0 bridgehead atoms. The minimum Gasteiger partial charge on any atom is -0.478 e. The van der Waals surface area contributed by atoms with Gasteiger partial charge in [-0.2, -0.15) is 0 Å². The topological polar surface area (TPSA) is 80.7 Å². The minimum absolute atomic E-state index is 0.00914. The summed E-state index contributed by atoms with van der Waals surface area (Å²) in [6, 6.07) is 1.38. The van der Waals surface area contributed by atoms with E-state index in [1.54, 1.807) is 14.2 Å². The first-order chi connectivity index (χ1) is 8.58. The molecule has 1 atom stereocenters. The molecular weight excluding hydrogens is 260 g/mol. The van der Waals surface area contributed by atoms with Crippen LogP contribution in [0.25, 0.3) is 0 Å². The second-order valence-electron chi connectivity index (χ2n) is 3.55. The Labute approximate surface area is 110 Å². The zero-order valence-electron chi connectivity index (χ0n) is 10.1. The number of methoxy groups -OCH3 is 2. The predicted octanol–water partition coefficient (Wildman–Crippen LogP) is 1.51. The van der Waals surface area contributed by atoms with Gasteiger partial charge in [0.15, 0.2) is 0 Å². The number of ether oxygens (including phenoxy) is 2. The summed E-state index contributed by atoms with van der Waals surface area (Å²) in [4.78, 5) is 14.9. The Morgan fingerprint density at radius 1 is 1.61 bits per heavy atom. The lowest BCUT2D eigenvalue weighted by Gasteiger charge is -2.15. The molecule has 1 heterocycles. The molecule has 1 rings (SSSR count). The average Bonchev–Trinajstić information content (AvgIpc) is 2.35. The first-order valence-corrected chi connectivity index (χ1v) is 5.60. The summed E-state index contributed by atoms with van der Waals surface area (Å²) in [5.41, 5.74) is 0.00914. The molecule has 7 heteroatoms. The third-order valence-electron chi connectivity index (χ3n) is 2.28. The predicted molar refractivity (Wildman–Crippen MR) is 67.4 cm³/mol. The lowest BCUT2D eigenvalue weighted by Crippen LogP contribution is -2.26. The largest absolute Gasteiger partial charge is 0.478 e. The maximum atomic E-state index is 10.9. The number of halogens is 1. The van der Waals surface area contributed by atoms with Gasteiger partial charge in [0.25, 0.3) is 0 Å². The summed E-state index contributed by atoms with van der Waals surface area (Å²) in [6.45, 7) is 0.890. The van der Waals surface area contributed by atoms with Gasteiger partial charge in [0.1, 0.15) is 5.82 Å². The van der Waals surface area contributed by atoms with Crippen molar-refractivity contribution in [1.82, 2.24) is 4.98 Å². The standard InChI is InChI=1S/C11H15ClN2O4/c1-17-6-7(18-2)4-13-10-3-8(11(15)16)9(12)5-14-10/h3,5,7H,4,6H2,1-2H3,(H,13,14)(H,15,16). The fourth-order valence-electron chi connectivity index (χ4n) is 1.31. The van der Waals surface area contributed by atoms with Crippen LogP contribution in [-0.2, 0) is 9.47 Å². The number of hydrogen-bond donors (Lipinski definition) is 2. The quantitative estimate of drug-likeness (QED) is 0.784. The summed E-state index contributed by atoms with van der Waals surface area (Å²) in [7, 11) is 3.15. The number of carbonyl (C=O) groups is 1. The second kappa shape index (κ2) is 7.15. The average molecular weight is 275 g/mol. The summed E-state index contributed by atoms with van der Waals surface area (Å²) in [6.07, 6.45) is 1.16. The molecule has 0 fully saturated rings. The number of pyridine rings is 1. The van der Waals surface area contributed by atoms with Gasteiger partial charge in [-0.3, -0.25) is 0 Å². The van der Waals surface area contributed by atoms with Crippen molar-refractivity contribution in [1.29, 1.82) is 0 Å². The van der Waals surface area contributed by atoms with Gasteiger partial charge in [-0.15, -0.1) is 0 Å². The van der Waals surface area contributed by atoms with Crippen LogP contribution < -0.4 is 5.32 Å². The molecule has 0 saturated carbocycles. The van der Waals surface area contributed by atoms with E-state index in [2.05, 4.69) is 10.3 Å². The molecule has 2 N–H and O–H groups in total. The van der Waals surface area contributed by atoms with Crippen LogP contribution in [0.5, 0.6) is 0 Å². The van der Waals surface area contributed by atoms with Crippen molar-refractivity contribution in [2.45, 2.75) is 6.10 Å². The van der Waals surface area contributed by atoms with Crippen molar-refractivity contribution in [3.05, 3.63) is 22.8 Å². The van der Waals surface area contributed by atoms with Crippen LogP contribution in [0.1, 0.15) is 10.4 Å². The lowest BCUT2D eigenvalue weighted by molar-refractivity contribution is 0.0365. The van der Waals surface area contributed by atoms with E-state index in [-0.39, 0.29) is 16.7 Å². The van der Waals surface area contributed by atoms with Gasteiger partial charge >= 0.3 is 5.97 Å². The number of carboxylic acids is 1. The van der Waals surface area contributed by atoms with Crippen LogP contribution in [0.15, 0.2) is 12.3 Å². The molecule has 100 valence electrons. The number of carboxylic acid groups (broad SMARTS) is 1. The van der Waals surface area contributed by atoms with Gasteiger partial charge in [-0.1, -0.05) is 11.6 Å². The molecule has 6 nitrogen and oxygen atoms in total. The molecule has 0 aliphatic rings. The monoisotopic (exact) mass is 274 g/mol. The van der Waals surface area contributed by atoms with Crippen LogP contribution in [0.4, 0.5) is 5.82 Å². The molecule has 0 saturated heterocycles. The molecule has 18 heavy (non-hydrogen) atoms. The smallest absolute Gasteiger partial charge is 0.337 e. The van der Waals surface area contributed by atoms with Gasteiger partial charge < -0.3 is 19.9 Å². The van der Waals surface area contributed by atoms with Crippen LogP contribution in [-0.4, -0.2) is 49.5 Å². The third kappa shape index (κ3) is 4.14. The number of anilines is 1. The van der Waals surface area contributed by atoms with E-state index < -0.39 is 5.97 Å². The van der Waals surface area contributed by atoms with Crippen molar-refractivity contribution >= 4 is 23.4 Å². The van der Waals surface area contributed by atoms with Crippen LogP contribution in [0.3, 0.4) is 0 Å². The number of rotatable bonds is 7. The molecule has 0 amide bonds. The Morgan fingerprint density at radius 3 is 2.89 bits per heavy atom. The van der Waals surface area contributed by atoms with Crippen molar-refractivity contribution in [3.63, 3.8) is 0 Å². The lowest BCUT2D eigenvalue weighted by atomic mass is 10.2. The molecule has 0 spiro atoms. The fourth-order valence-corrected chi connectivity index (χ4v) is 1.50. The van der Waals surface area contributed by atoms with E-state index in [0.717, 1.165) is 0 Å². The number of aromatic nitrogens is 1. The number of hydrogen-bond acceptors (Lipinski definition) is 5. The van der Waals surface area contributed by atoms with E-state index in [0.29, 0.717) is 19.0 Å².